The third kappa shape index (κ3) is 3.28. The van der Waals surface area contributed by atoms with Crippen molar-refractivity contribution in [2.45, 2.75) is 31.2 Å². The highest BCUT2D eigenvalue weighted by molar-refractivity contribution is 5.87. The summed E-state index contributed by atoms with van der Waals surface area (Å²) in [6, 6.07) is 4.10. The molecule has 0 saturated heterocycles. The van der Waals surface area contributed by atoms with Gasteiger partial charge >= 0.3 is 5.97 Å². The summed E-state index contributed by atoms with van der Waals surface area (Å²) in [5.41, 5.74) is 0.504. The maximum absolute atomic E-state index is 11.6. The second-order valence-corrected chi connectivity index (χ2v) is 4.70. The molecule has 6 nitrogen and oxygen atoms in total. The molecule has 1 aliphatic rings. The monoisotopic (exact) mass is 280 g/mol. The lowest BCUT2D eigenvalue weighted by molar-refractivity contribution is -0.153. The molecule has 0 amide bonds. The van der Waals surface area contributed by atoms with Crippen molar-refractivity contribution in [3.8, 4) is 11.5 Å². The molecule has 20 heavy (non-hydrogen) atoms. The fourth-order valence-electron chi connectivity index (χ4n) is 2.07. The lowest BCUT2D eigenvalue weighted by atomic mass is 10.2. The third-order valence-electron chi connectivity index (χ3n) is 3.18. The maximum atomic E-state index is 11.6. The fourth-order valence-corrected chi connectivity index (χ4v) is 2.07. The lowest BCUT2D eigenvalue weighted by Crippen LogP contribution is -2.33. The first-order valence-electron chi connectivity index (χ1n) is 6.24. The summed E-state index contributed by atoms with van der Waals surface area (Å²) in [6.07, 6.45) is 0.725. The van der Waals surface area contributed by atoms with Gasteiger partial charge in [0, 0.05) is 6.08 Å². The predicted molar refractivity (Wildman–Crippen MR) is 69.9 cm³/mol. The number of phenols is 2. The van der Waals surface area contributed by atoms with Gasteiger partial charge in [0.25, 0.3) is 0 Å². The van der Waals surface area contributed by atoms with Crippen LogP contribution in [0.5, 0.6) is 11.5 Å². The molecule has 4 N–H and O–H groups in total. The number of carbonyl (C=O) groups is 1. The van der Waals surface area contributed by atoms with Crippen molar-refractivity contribution < 1.29 is 30.0 Å². The molecule has 0 spiro atoms. The molecule has 1 aromatic carbocycles. The Hall–Kier alpha value is -2.05. The highest BCUT2D eigenvalue weighted by Gasteiger charge is 2.36. The van der Waals surface area contributed by atoms with Gasteiger partial charge in [0.05, 0.1) is 12.2 Å². The van der Waals surface area contributed by atoms with E-state index in [2.05, 4.69) is 0 Å². The Bertz CT molecular complexity index is 514. The number of hydrogen-bond donors (Lipinski definition) is 4. The van der Waals surface area contributed by atoms with Crippen LogP contribution >= 0.6 is 0 Å². The van der Waals surface area contributed by atoms with E-state index in [0.29, 0.717) is 18.4 Å². The van der Waals surface area contributed by atoms with E-state index in [1.54, 1.807) is 0 Å². The molecule has 1 aliphatic carbocycles. The van der Waals surface area contributed by atoms with Gasteiger partial charge in [-0.2, -0.15) is 0 Å². The molecule has 3 atom stereocenters. The first-order valence-corrected chi connectivity index (χ1v) is 6.24. The minimum absolute atomic E-state index is 0.248. The lowest BCUT2D eigenvalue weighted by Gasteiger charge is -2.17. The van der Waals surface area contributed by atoms with E-state index in [1.165, 1.54) is 24.3 Å². The van der Waals surface area contributed by atoms with E-state index in [0.717, 1.165) is 6.08 Å². The van der Waals surface area contributed by atoms with Gasteiger partial charge in [-0.05, 0) is 36.6 Å². The van der Waals surface area contributed by atoms with Gasteiger partial charge in [-0.1, -0.05) is 6.07 Å². The summed E-state index contributed by atoms with van der Waals surface area (Å²) < 4.78 is 4.97. The summed E-state index contributed by atoms with van der Waals surface area (Å²) in [7, 11) is 0. The highest BCUT2D eigenvalue weighted by atomic mass is 16.6. The van der Waals surface area contributed by atoms with Crippen molar-refractivity contribution in [1.29, 1.82) is 0 Å². The minimum atomic E-state index is -0.902. The Morgan fingerprint density at radius 3 is 2.40 bits per heavy atom. The van der Waals surface area contributed by atoms with Crippen LogP contribution in [0.3, 0.4) is 0 Å². The van der Waals surface area contributed by atoms with E-state index < -0.39 is 24.3 Å². The van der Waals surface area contributed by atoms with Gasteiger partial charge in [0.1, 0.15) is 0 Å². The van der Waals surface area contributed by atoms with E-state index in [1.807, 2.05) is 0 Å². The Kier molecular flexibility index (Phi) is 4.26. The number of aliphatic hydroxyl groups is 2. The van der Waals surface area contributed by atoms with Crippen LogP contribution in [0.1, 0.15) is 18.4 Å². The standard InChI is InChI=1S/C14H16O6/c15-9-3-1-8(7-12(9)18)2-6-13(19)20-14-10(16)4-5-11(14)17/h1-3,6-7,10-11,14-18H,4-5H2/t10-,11+,14?. The molecule has 0 aliphatic heterocycles. The van der Waals surface area contributed by atoms with E-state index >= 15 is 0 Å². The molecule has 2 rings (SSSR count). The molecule has 1 aromatic rings. The molecule has 108 valence electrons. The smallest absolute Gasteiger partial charge is 0.331 e. The number of benzene rings is 1. The van der Waals surface area contributed by atoms with Crippen LogP contribution in [-0.2, 0) is 9.53 Å². The average molecular weight is 280 g/mol. The summed E-state index contributed by atoms with van der Waals surface area (Å²) >= 11 is 0. The number of aromatic hydroxyl groups is 2. The molecule has 0 radical (unpaired) electrons. The number of esters is 1. The highest BCUT2D eigenvalue weighted by Crippen LogP contribution is 2.26. The van der Waals surface area contributed by atoms with Gasteiger partial charge in [0.2, 0.25) is 0 Å². The van der Waals surface area contributed by atoms with Crippen molar-refractivity contribution in [1.82, 2.24) is 0 Å². The molecular formula is C14H16O6. The van der Waals surface area contributed by atoms with Crippen LogP contribution in [0.25, 0.3) is 6.08 Å². The van der Waals surface area contributed by atoms with E-state index in [-0.39, 0.29) is 11.5 Å². The quantitative estimate of drug-likeness (QED) is 0.366. The van der Waals surface area contributed by atoms with Crippen molar-refractivity contribution in [3.05, 3.63) is 29.8 Å². The summed E-state index contributed by atoms with van der Waals surface area (Å²) in [4.78, 5) is 11.6. The predicted octanol–water partition coefficient (Wildman–Crippen LogP) is 0.538. The normalized spacial score (nSPS) is 26.0. The van der Waals surface area contributed by atoms with Crippen LogP contribution in [0.15, 0.2) is 24.3 Å². The summed E-state index contributed by atoms with van der Waals surface area (Å²) in [5, 5.41) is 37.5. The molecule has 6 heteroatoms. The van der Waals surface area contributed by atoms with Crippen molar-refractivity contribution >= 4 is 12.0 Å². The molecule has 0 aromatic heterocycles. The Labute approximate surface area is 115 Å². The number of hydrogen-bond acceptors (Lipinski definition) is 6. The number of ether oxygens (including phenoxy) is 1. The SMILES string of the molecule is O=C(C=Cc1ccc(O)c(O)c1)OC1[C@H](O)CC[C@@H]1O. The molecule has 1 saturated carbocycles. The number of phenolic OH excluding ortho intramolecular Hbond substituents is 2. The van der Waals surface area contributed by atoms with Crippen molar-refractivity contribution in [2.75, 3.05) is 0 Å². The van der Waals surface area contributed by atoms with Crippen molar-refractivity contribution in [3.63, 3.8) is 0 Å². The van der Waals surface area contributed by atoms with Gasteiger partial charge < -0.3 is 25.2 Å². The van der Waals surface area contributed by atoms with E-state index in [9.17, 15) is 20.1 Å². The van der Waals surface area contributed by atoms with Crippen LogP contribution < -0.4 is 0 Å². The van der Waals surface area contributed by atoms with Gasteiger partial charge in [-0.3, -0.25) is 0 Å². The van der Waals surface area contributed by atoms with Crippen LogP contribution in [0.4, 0.5) is 0 Å². The summed E-state index contributed by atoms with van der Waals surface area (Å²) in [6.45, 7) is 0. The fraction of sp³-hybridized carbons (Fsp3) is 0.357. The average Bonchev–Trinajstić information content (AvgIpc) is 2.72. The number of carbonyl (C=O) groups excluding carboxylic acids is 1. The Balaban J connectivity index is 1.97. The molecular weight excluding hydrogens is 264 g/mol. The van der Waals surface area contributed by atoms with Crippen LogP contribution in [0.2, 0.25) is 0 Å². The zero-order valence-corrected chi connectivity index (χ0v) is 10.6. The molecule has 1 fully saturated rings. The van der Waals surface area contributed by atoms with Gasteiger partial charge in [-0.25, -0.2) is 4.79 Å². The van der Waals surface area contributed by atoms with Crippen LogP contribution in [0, 0.1) is 0 Å². The van der Waals surface area contributed by atoms with E-state index in [4.69, 9.17) is 9.84 Å². The number of rotatable bonds is 3. The molecule has 0 bridgehead atoms. The van der Waals surface area contributed by atoms with Crippen molar-refractivity contribution in [2.24, 2.45) is 0 Å². The maximum Gasteiger partial charge on any atom is 0.331 e. The first-order chi connectivity index (χ1) is 9.47. The summed E-state index contributed by atoms with van der Waals surface area (Å²) in [5.74, 6) is -1.23. The Morgan fingerprint density at radius 1 is 1.15 bits per heavy atom. The number of aliphatic hydroxyl groups excluding tert-OH is 2. The zero-order chi connectivity index (χ0) is 14.7. The largest absolute Gasteiger partial charge is 0.504 e. The second-order valence-electron chi connectivity index (χ2n) is 4.70. The van der Waals surface area contributed by atoms with Gasteiger partial charge in [-0.15, -0.1) is 0 Å². The minimum Gasteiger partial charge on any atom is -0.504 e. The molecule has 0 heterocycles. The third-order valence-corrected chi connectivity index (χ3v) is 3.18. The zero-order valence-electron chi connectivity index (χ0n) is 10.6. The second kappa shape index (κ2) is 5.94. The van der Waals surface area contributed by atoms with Gasteiger partial charge in [0.15, 0.2) is 17.6 Å². The first kappa shape index (κ1) is 14.4. The van der Waals surface area contributed by atoms with Crippen LogP contribution in [-0.4, -0.2) is 44.7 Å². The topological polar surface area (TPSA) is 107 Å². The Morgan fingerprint density at radius 2 is 1.80 bits per heavy atom. The molecule has 1 unspecified atom stereocenters.